The van der Waals surface area contributed by atoms with Crippen molar-refractivity contribution in [3.05, 3.63) is 81.5 Å². The van der Waals surface area contributed by atoms with Crippen LogP contribution in [0.25, 0.3) is 48.8 Å². The first kappa shape index (κ1) is 41.8. The largest absolute Gasteiger partial charge is 0.143 e. The minimum atomic E-state index is 1.21. The second kappa shape index (κ2) is 22.2. The molecule has 54 heavy (non-hydrogen) atoms. The Bertz CT molecular complexity index is 1780. The molecule has 0 saturated carbocycles. The molecule has 0 radical (unpaired) electrons. The molecule has 0 unspecified atom stereocenters. The van der Waals surface area contributed by atoms with Gasteiger partial charge in [0.25, 0.3) is 0 Å². The van der Waals surface area contributed by atoms with Gasteiger partial charge in [0, 0.05) is 48.8 Å². The van der Waals surface area contributed by atoms with Crippen molar-refractivity contribution < 1.29 is 0 Å². The quantitative estimate of drug-likeness (QED) is 0.0504. The van der Waals surface area contributed by atoms with Crippen molar-refractivity contribution in [2.75, 3.05) is 0 Å². The van der Waals surface area contributed by atoms with Crippen LogP contribution in [0.3, 0.4) is 0 Å². The van der Waals surface area contributed by atoms with Crippen molar-refractivity contribution in [1.82, 2.24) is 0 Å². The van der Waals surface area contributed by atoms with Gasteiger partial charge >= 0.3 is 0 Å². The zero-order valence-corrected chi connectivity index (χ0v) is 38.3. The molecule has 0 N–H and O–H groups in total. The molecule has 6 aromatic rings. The fourth-order valence-corrected chi connectivity index (χ4v) is 14.7. The first-order valence-electron chi connectivity index (χ1n) is 21.2. The van der Waals surface area contributed by atoms with E-state index in [1.165, 1.54) is 158 Å². The first-order valence-corrected chi connectivity index (χ1v) is 26.3. The molecule has 0 amide bonds. The van der Waals surface area contributed by atoms with Crippen molar-refractivity contribution in [2.45, 2.75) is 156 Å². The van der Waals surface area contributed by atoms with E-state index in [0.717, 1.165) is 0 Å². The first-order chi connectivity index (χ1) is 26.7. The lowest BCUT2D eigenvalue weighted by atomic mass is 9.96. The molecule has 0 atom stereocenters. The molecule has 0 aromatic carbocycles. The lowest BCUT2D eigenvalue weighted by molar-refractivity contribution is 0.653. The van der Waals surface area contributed by atoms with Crippen molar-refractivity contribution >= 4 is 68.0 Å². The van der Waals surface area contributed by atoms with E-state index in [9.17, 15) is 0 Å². The summed E-state index contributed by atoms with van der Waals surface area (Å²) in [6.45, 7) is 9.31. The summed E-state index contributed by atoms with van der Waals surface area (Å²) in [6.07, 6.45) is 25.9. The summed E-state index contributed by atoms with van der Waals surface area (Å²) in [7, 11) is 0. The van der Waals surface area contributed by atoms with E-state index in [0.29, 0.717) is 0 Å². The maximum absolute atomic E-state index is 2.45. The highest BCUT2D eigenvalue weighted by molar-refractivity contribution is 7.30. The van der Waals surface area contributed by atoms with Gasteiger partial charge in [0.1, 0.15) is 0 Å². The smallest absolute Gasteiger partial charge is 0.0484 e. The molecule has 6 aromatic heterocycles. The van der Waals surface area contributed by atoms with Crippen LogP contribution in [0.4, 0.5) is 0 Å². The number of unbranched alkanes of at least 4 members (excludes halogenated alkanes) is 12. The highest BCUT2D eigenvalue weighted by Gasteiger charge is 2.24. The average Bonchev–Trinajstić information content (AvgIpc) is 4.04. The van der Waals surface area contributed by atoms with Crippen LogP contribution in [-0.2, 0) is 25.7 Å². The van der Waals surface area contributed by atoms with Gasteiger partial charge in [-0.2, -0.15) is 0 Å². The zero-order valence-electron chi connectivity index (χ0n) is 33.4. The van der Waals surface area contributed by atoms with Gasteiger partial charge in [-0.15, -0.1) is 68.0 Å². The van der Waals surface area contributed by atoms with Crippen molar-refractivity contribution in [1.29, 1.82) is 0 Å². The average molecular weight is 831 g/mol. The van der Waals surface area contributed by atoms with E-state index in [2.05, 4.69) is 110 Å². The highest BCUT2D eigenvalue weighted by atomic mass is 32.1. The van der Waals surface area contributed by atoms with E-state index < -0.39 is 0 Å². The molecule has 0 aliphatic rings. The molecule has 0 aliphatic heterocycles. The molecule has 0 spiro atoms. The van der Waals surface area contributed by atoms with E-state index in [4.69, 9.17) is 0 Å². The summed E-state index contributed by atoms with van der Waals surface area (Å²) in [4.78, 5) is 14.9. The summed E-state index contributed by atoms with van der Waals surface area (Å²) >= 11 is 12.1. The lowest BCUT2D eigenvalue weighted by Crippen LogP contribution is -1.95. The summed E-state index contributed by atoms with van der Waals surface area (Å²) in [6, 6.07) is 18.9. The summed E-state index contributed by atoms with van der Waals surface area (Å²) in [5, 5.41) is 4.52. The van der Waals surface area contributed by atoms with Crippen LogP contribution in [0.2, 0.25) is 0 Å². The van der Waals surface area contributed by atoms with Crippen LogP contribution < -0.4 is 0 Å². The minimum Gasteiger partial charge on any atom is -0.143 e. The van der Waals surface area contributed by atoms with Gasteiger partial charge in [0.2, 0.25) is 0 Å². The predicted octanol–water partition coefficient (Wildman–Crippen LogP) is 18.9. The predicted molar refractivity (Wildman–Crippen MR) is 252 cm³/mol. The monoisotopic (exact) mass is 830 g/mol. The van der Waals surface area contributed by atoms with Crippen molar-refractivity contribution in [2.24, 2.45) is 0 Å². The minimum absolute atomic E-state index is 1.21. The molecule has 0 fully saturated rings. The molecular weight excluding hydrogens is 769 g/mol. The lowest BCUT2D eigenvalue weighted by Gasteiger charge is -2.09. The molecule has 0 nitrogen and oxygen atoms in total. The number of hydrogen-bond acceptors (Lipinski definition) is 6. The highest BCUT2D eigenvalue weighted by Crippen LogP contribution is 2.51. The number of rotatable bonds is 25. The Labute approximate surface area is 351 Å². The van der Waals surface area contributed by atoms with Gasteiger partial charge in [-0.05, 0) is 121 Å². The van der Waals surface area contributed by atoms with E-state index in [1.54, 1.807) is 41.8 Å². The summed E-state index contributed by atoms with van der Waals surface area (Å²) < 4.78 is 0. The topological polar surface area (TPSA) is 0 Å². The van der Waals surface area contributed by atoms with E-state index in [-0.39, 0.29) is 0 Å². The molecule has 6 heterocycles. The third-order valence-electron chi connectivity index (χ3n) is 10.7. The van der Waals surface area contributed by atoms with Crippen LogP contribution in [0, 0.1) is 0 Å². The Morgan fingerprint density at radius 1 is 0.315 bits per heavy atom. The van der Waals surface area contributed by atoms with Gasteiger partial charge < -0.3 is 0 Å². The molecular formula is C48H62S6. The Morgan fingerprint density at radius 2 is 0.630 bits per heavy atom. The van der Waals surface area contributed by atoms with Crippen molar-refractivity contribution in [3.8, 4) is 48.8 Å². The van der Waals surface area contributed by atoms with Crippen LogP contribution >= 0.6 is 68.0 Å². The third-order valence-corrected chi connectivity index (χ3v) is 18.1. The third kappa shape index (κ3) is 10.8. The van der Waals surface area contributed by atoms with Gasteiger partial charge in [-0.1, -0.05) is 117 Å². The second-order valence-corrected chi connectivity index (χ2v) is 21.1. The van der Waals surface area contributed by atoms with Crippen LogP contribution in [0.1, 0.15) is 153 Å². The van der Waals surface area contributed by atoms with Gasteiger partial charge in [-0.25, -0.2) is 0 Å². The summed E-state index contributed by atoms with van der Waals surface area (Å²) in [5.41, 5.74) is 6.65. The van der Waals surface area contributed by atoms with Gasteiger partial charge in [-0.3, -0.25) is 0 Å². The van der Waals surface area contributed by atoms with Crippen LogP contribution in [-0.4, -0.2) is 0 Å². The molecule has 290 valence electrons. The molecule has 0 saturated heterocycles. The Kier molecular flexibility index (Phi) is 17.2. The van der Waals surface area contributed by atoms with E-state index >= 15 is 0 Å². The van der Waals surface area contributed by atoms with Gasteiger partial charge in [0.15, 0.2) is 0 Å². The zero-order chi connectivity index (χ0) is 37.5. The maximum Gasteiger partial charge on any atom is 0.0484 e. The number of hydrogen-bond donors (Lipinski definition) is 0. The fourth-order valence-electron chi connectivity index (χ4n) is 7.77. The van der Waals surface area contributed by atoms with E-state index in [1.807, 2.05) is 45.3 Å². The Hall–Kier alpha value is -1.80. The fraction of sp³-hybridized carbons (Fsp3) is 0.500. The van der Waals surface area contributed by atoms with Gasteiger partial charge in [0.05, 0.1) is 0 Å². The Balaban J connectivity index is 1.34. The maximum atomic E-state index is 2.45. The number of thiophene rings is 6. The molecule has 0 aliphatic carbocycles. The SMILES string of the molecule is CCCCCCc1c(-c2cccs2)sc(-c2ccc(-c3ccc(-c4sc(-c5cccs5)c(CCCCCC)c4CCCCCC)s3)s2)c1CCCCCC. The van der Waals surface area contributed by atoms with Crippen LogP contribution in [0.5, 0.6) is 0 Å². The molecule has 6 heteroatoms. The van der Waals surface area contributed by atoms with Crippen LogP contribution in [0.15, 0.2) is 59.3 Å². The molecule has 6 rings (SSSR count). The summed E-state index contributed by atoms with van der Waals surface area (Å²) in [5.74, 6) is 0. The normalized spacial score (nSPS) is 11.7. The second-order valence-electron chi connectivity index (χ2n) is 15.0. The standard InChI is InChI=1S/C48H62S6/c1-5-9-13-17-23-35-37(25-19-15-11-7-3)47(53-45(35)41-27-21-33-49-41)43-31-29-39(51-43)40-30-32-44(52-40)48-38(26-20-16-12-8-4)36(24-18-14-10-6-2)46(54-48)42-28-22-34-50-42/h21-22,27-34H,5-20,23-26H2,1-4H3. The van der Waals surface area contributed by atoms with Crippen molar-refractivity contribution in [3.63, 3.8) is 0 Å². The molecule has 0 bridgehead atoms. The Morgan fingerprint density at radius 3 is 0.926 bits per heavy atom.